The van der Waals surface area contributed by atoms with E-state index in [-0.39, 0.29) is 6.10 Å². The van der Waals surface area contributed by atoms with Crippen molar-refractivity contribution in [2.75, 3.05) is 25.0 Å². The molecule has 39 heavy (non-hydrogen) atoms. The Balaban J connectivity index is 1.15. The van der Waals surface area contributed by atoms with Gasteiger partial charge in [-0.1, -0.05) is 19.4 Å². The van der Waals surface area contributed by atoms with Gasteiger partial charge >= 0.3 is 5.97 Å². The second-order valence-electron chi connectivity index (χ2n) is 11.4. The van der Waals surface area contributed by atoms with E-state index in [4.69, 9.17) is 9.72 Å². The van der Waals surface area contributed by atoms with Crippen LogP contribution in [0, 0.1) is 11.7 Å². The largest absolute Gasteiger partial charge is 0.480 e. The van der Waals surface area contributed by atoms with Gasteiger partial charge in [-0.25, -0.2) is 9.37 Å². The number of aryl methyl sites for hydroxylation is 1. The summed E-state index contributed by atoms with van der Waals surface area (Å²) in [7, 11) is 3.01. The second-order valence-corrected chi connectivity index (χ2v) is 12.3. The Morgan fingerprint density at radius 3 is 2.95 bits per heavy atom. The van der Waals surface area contributed by atoms with Crippen LogP contribution in [-0.4, -0.2) is 57.3 Å². The Hall–Kier alpha value is -2.15. The van der Waals surface area contributed by atoms with Crippen LogP contribution in [0.4, 0.5) is 10.2 Å². The highest BCUT2D eigenvalue weighted by atomic mass is 31.0. The lowest BCUT2D eigenvalue weighted by Gasteiger charge is -2.30. The minimum Gasteiger partial charge on any atom is -0.480 e. The van der Waals surface area contributed by atoms with Gasteiger partial charge in [0.2, 0.25) is 0 Å². The fourth-order valence-corrected chi connectivity index (χ4v) is 6.98. The van der Waals surface area contributed by atoms with Crippen molar-refractivity contribution in [2.24, 2.45) is 5.92 Å². The Morgan fingerprint density at radius 2 is 2.18 bits per heavy atom. The zero-order valence-corrected chi connectivity index (χ0v) is 24.1. The number of halogens is 1. The van der Waals surface area contributed by atoms with Crippen LogP contribution in [0.15, 0.2) is 24.4 Å². The van der Waals surface area contributed by atoms with Crippen LogP contribution in [0.5, 0.6) is 0 Å². The van der Waals surface area contributed by atoms with E-state index in [1.807, 2.05) is 4.90 Å². The van der Waals surface area contributed by atoms with Crippen molar-refractivity contribution in [1.82, 2.24) is 14.9 Å². The summed E-state index contributed by atoms with van der Waals surface area (Å²) >= 11 is 0. The molecular weight excluding hydrogens is 514 g/mol. The molecule has 5 heterocycles. The maximum Gasteiger partial charge on any atom is 0.325 e. The molecule has 3 aliphatic heterocycles. The summed E-state index contributed by atoms with van der Waals surface area (Å²) in [4.78, 5) is 23.7. The summed E-state index contributed by atoms with van der Waals surface area (Å²) < 4.78 is 20.2. The lowest BCUT2D eigenvalue weighted by atomic mass is 9.96. The number of nitrogens with zero attached hydrogens (tertiary/aromatic N) is 3. The van der Waals surface area contributed by atoms with Gasteiger partial charge < -0.3 is 15.2 Å². The molecule has 7 nitrogen and oxygen atoms in total. The van der Waals surface area contributed by atoms with Gasteiger partial charge in [-0.15, -0.1) is 9.24 Å². The number of rotatable bonds is 11. The van der Waals surface area contributed by atoms with E-state index in [0.717, 1.165) is 75.7 Å². The third-order valence-electron chi connectivity index (χ3n) is 8.71. The zero-order chi connectivity index (χ0) is 27.4. The number of pyridine rings is 2. The topological polar surface area (TPSA) is 87.6 Å². The molecule has 6 unspecified atom stereocenters. The normalized spacial score (nSPS) is 24.7. The molecule has 2 fully saturated rings. The lowest BCUT2D eigenvalue weighted by Crippen LogP contribution is -2.34. The van der Waals surface area contributed by atoms with Gasteiger partial charge in [-0.3, -0.25) is 14.7 Å². The Bertz CT molecular complexity index is 1150. The van der Waals surface area contributed by atoms with Gasteiger partial charge in [0.15, 0.2) is 0 Å². The molecule has 5 rings (SSSR count). The number of anilines is 1. The molecule has 212 valence electrons. The monoisotopic (exact) mass is 556 g/mol. The number of hydrogen-bond acceptors (Lipinski definition) is 6. The average Bonchev–Trinajstić information content (AvgIpc) is 3.59. The molecule has 2 aromatic heterocycles. The fraction of sp³-hybridized carbons (Fsp3) is 0.633. The van der Waals surface area contributed by atoms with Crippen molar-refractivity contribution < 1.29 is 19.0 Å². The molecule has 0 amide bonds. The number of aromatic nitrogens is 2. The number of likely N-dealkylation sites (tertiary alicyclic amines) is 1. The molecule has 2 saturated heterocycles. The van der Waals surface area contributed by atoms with E-state index in [1.54, 1.807) is 0 Å². The molecular formula is C30H42FN4O3P. The molecule has 3 aliphatic rings. The zero-order valence-electron chi connectivity index (χ0n) is 22.9. The van der Waals surface area contributed by atoms with E-state index in [9.17, 15) is 14.3 Å². The number of carbonyl (C=O) groups is 1. The van der Waals surface area contributed by atoms with Crippen LogP contribution in [-0.2, 0) is 22.4 Å². The summed E-state index contributed by atoms with van der Waals surface area (Å²) in [6.07, 6.45) is 11.0. The average molecular weight is 557 g/mol. The molecule has 9 heteroatoms. The van der Waals surface area contributed by atoms with Crippen LogP contribution in [0.2, 0.25) is 0 Å². The van der Waals surface area contributed by atoms with Gasteiger partial charge in [0.05, 0.1) is 18.0 Å². The van der Waals surface area contributed by atoms with Gasteiger partial charge in [-0.05, 0) is 93.6 Å². The Labute approximate surface area is 233 Å². The second kappa shape index (κ2) is 13.0. The minimum atomic E-state index is -0.956. The number of nitrogens with one attached hydrogen (secondary N) is 1. The van der Waals surface area contributed by atoms with Crippen LogP contribution >= 0.6 is 9.24 Å². The molecule has 2 aromatic rings. The number of carboxylic acid groups (broad SMARTS) is 1. The van der Waals surface area contributed by atoms with Crippen molar-refractivity contribution >= 4 is 21.0 Å². The van der Waals surface area contributed by atoms with Crippen LogP contribution in [0.25, 0.3) is 0 Å². The Morgan fingerprint density at radius 1 is 1.31 bits per heavy atom. The number of unbranched alkanes of at least 4 members (excludes halogenated alkanes) is 1. The summed E-state index contributed by atoms with van der Waals surface area (Å²) in [5, 5.41) is 13.8. The van der Waals surface area contributed by atoms with Crippen molar-refractivity contribution in [3.63, 3.8) is 0 Å². The van der Waals surface area contributed by atoms with E-state index < -0.39 is 17.8 Å². The van der Waals surface area contributed by atoms with Crippen molar-refractivity contribution in [3.05, 3.63) is 52.7 Å². The third-order valence-corrected chi connectivity index (χ3v) is 9.59. The van der Waals surface area contributed by atoms with Gasteiger partial charge in [0, 0.05) is 30.5 Å². The standard InChI is InChI=1S/C30H42FN4O3P/c1-2-22-15-19-10-11-23(34-29(19)33-22)7-3-4-9-26(39)20-12-13-35(18-20)28(30(36)37)24-16-21(31)17-32-27(24)25-8-5-6-14-38-25/h10-11,16-17,20,22,25-26,28H,2-9,12-15,18,39H2,1H3,(H,33,34)(H,36,37). The van der Waals surface area contributed by atoms with E-state index in [2.05, 4.69) is 38.6 Å². The molecule has 0 spiro atoms. The number of hydrogen-bond donors (Lipinski definition) is 2. The van der Waals surface area contributed by atoms with E-state index >= 15 is 0 Å². The molecule has 0 radical (unpaired) electrons. The highest BCUT2D eigenvalue weighted by Gasteiger charge is 2.38. The minimum absolute atomic E-state index is 0.270. The van der Waals surface area contributed by atoms with Crippen molar-refractivity contribution in [3.8, 4) is 0 Å². The highest BCUT2D eigenvalue weighted by Crippen LogP contribution is 2.38. The fourth-order valence-electron chi connectivity index (χ4n) is 6.43. The smallest absolute Gasteiger partial charge is 0.325 e. The van der Waals surface area contributed by atoms with Crippen LogP contribution < -0.4 is 5.32 Å². The first-order chi connectivity index (χ1) is 18.9. The van der Waals surface area contributed by atoms with E-state index in [1.165, 1.54) is 17.8 Å². The molecule has 6 atom stereocenters. The molecule has 0 aromatic carbocycles. The summed E-state index contributed by atoms with van der Waals surface area (Å²) in [5.41, 5.74) is 3.91. The van der Waals surface area contributed by atoms with Crippen LogP contribution in [0.3, 0.4) is 0 Å². The van der Waals surface area contributed by atoms with Gasteiger partial charge in [-0.2, -0.15) is 0 Å². The third kappa shape index (κ3) is 6.78. The Kier molecular flexibility index (Phi) is 9.47. The summed E-state index contributed by atoms with van der Waals surface area (Å²) in [6.45, 7) is 4.19. The first kappa shape index (κ1) is 28.4. The SMILES string of the molecule is CCC1Cc2ccc(CCCCC(P)C3CCN(C(C(=O)O)c4cc(F)cnc4C4CCCCO4)C3)nc2N1. The van der Waals surface area contributed by atoms with Crippen molar-refractivity contribution in [1.29, 1.82) is 0 Å². The van der Waals surface area contributed by atoms with Crippen molar-refractivity contribution in [2.45, 2.75) is 95.0 Å². The predicted octanol–water partition coefficient (Wildman–Crippen LogP) is 5.71. The number of ether oxygens (including phenoxy) is 1. The van der Waals surface area contributed by atoms with E-state index in [0.29, 0.717) is 48.6 Å². The number of aliphatic carboxylic acids is 1. The predicted molar refractivity (Wildman–Crippen MR) is 153 cm³/mol. The molecule has 2 N–H and O–H groups in total. The first-order valence-electron chi connectivity index (χ1n) is 14.7. The summed E-state index contributed by atoms with van der Waals surface area (Å²) in [6, 6.07) is 5.35. The van der Waals surface area contributed by atoms with Gasteiger partial charge in [0.25, 0.3) is 0 Å². The highest BCUT2D eigenvalue weighted by molar-refractivity contribution is 7.17. The molecule has 0 aliphatic carbocycles. The number of carboxylic acids is 1. The molecule has 0 saturated carbocycles. The maximum atomic E-state index is 14.3. The van der Waals surface area contributed by atoms with Gasteiger partial charge in [0.1, 0.15) is 17.7 Å². The maximum absolute atomic E-state index is 14.3. The number of fused-ring (bicyclic) bond motifs is 1. The quantitative estimate of drug-likeness (QED) is 0.271. The van der Waals surface area contributed by atoms with Crippen LogP contribution in [0.1, 0.15) is 93.0 Å². The lowest BCUT2D eigenvalue weighted by molar-refractivity contribution is -0.143. The first-order valence-corrected chi connectivity index (χ1v) is 15.3. The summed E-state index contributed by atoms with van der Waals surface area (Å²) in [5.74, 6) is -0.00799. The molecule has 0 bridgehead atoms.